The van der Waals surface area contributed by atoms with Gasteiger partial charge in [0.25, 0.3) is 0 Å². The fourth-order valence-electron chi connectivity index (χ4n) is 2.56. The van der Waals surface area contributed by atoms with Crippen LogP contribution in [0.4, 0.5) is 5.82 Å². The van der Waals surface area contributed by atoms with Crippen LogP contribution in [0.3, 0.4) is 0 Å². The molecule has 1 N–H and O–H groups in total. The van der Waals surface area contributed by atoms with Crippen molar-refractivity contribution in [2.75, 3.05) is 5.32 Å². The monoisotopic (exact) mass is 340 g/mol. The molecule has 2 nitrogen and oxygen atoms in total. The van der Waals surface area contributed by atoms with E-state index in [2.05, 4.69) is 69.6 Å². The Morgan fingerprint density at radius 2 is 1.81 bits per heavy atom. The fraction of sp³-hybridized carbons (Fsp3) is 0.167. The predicted molar refractivity (Wildman–Crippen MR) is 92.5 cm³/mol. The Kier molecular flexibility index (Phi) is 4.20. The van der Waals surface area contributed by atoms with Crippen LogP contribution in [-0.2, 0) is 0 Å². The lowest BCUT2D eigenvalue weighted by atomic mass is 10.0. The number of benzene rings is 2. The van der Waals surface area contributed by atoms with Crippen LogP contribution in [0.15, 0.2) is 65.3 Å². The molecular formula is C18H17BrN2. The molecule has 0 amide bonds. The molecule has 3 aromatic rings. The molecule has 1 aromatic heterocycles. The van der Waals surface area contributed by atoms with E-state index >= 15 is 0 Å². The van der Waals surface area contributed by atoms with E-state index in [4.69, 9.17) is 0 Å². The van der Waals surface area contributed by atoms with E-state index in [0.29, 0.717) is 0 Å². The second kappa shape index (κ2) is 6.27. The van der Waals surface area contributed by atoms with Crippen LogP contribution in [-0.4, -0.2) is 4.98 Å². The van der Waals surface area contributed by atoms with Crippen molar-refractivity contribution in [3.8, 4) is 0 Å². The number of hydrogen-bond acceptors (Lipinski definition) is 2. The molecule has 0 aliphatic heterocycles. The standard InChI is InChI=1S/C18H17BrN2/c1-2-17(13-7-4-3-5-8-13)21-18-15-9-6-10-16(19)14(15)11-12-20-18/h3-12,17H,2H2,1H3,(H,20,21). The summed E-state index contributed by atoms with van der Waals surface area (Å²) in [5, 5.41) is 5.90. The SMILES string of the molecule is CCC(Nc1nccc2c(Br)cccc12)c1ccccc1. The zero-order valence-corrected chi connectivity index (χ0v) is 13.5. The molecule has 21 heavy (non-hydrogen) atoms. The highest BCUT2D eigenvalue weighted by Crippen LogP contribution is 2.30. The molecule has 0 bridgehead atoms. The van der Waals surface area contributed by atoms with Gasteiger partial charge in [0.05, 0.1) is 6.04 Å². The molecule has 0 fully saturated rings. The molecule has 1 atom stereocenters. The molecule has 3 heteroatoms. The fourth-order valence-corrected chi connectivity index (χ4v) is 3.05. The number of hydrogen-bond donors (Lipinski definition) is 1. The van der Waals surface area contributed by atoms with Crippen LogP contribution >= 0.6 is 15.9 Å². The third-order valence-corrected chi connectivity index (χ3v) is 4.37. The molecule has 2 aromatic carbocycles. The molecule has 0 saturated heterocycles. The molecule has 1 heterocycles. The van der Waals surface area contributed by atoms with E-state index in [1.807, 2.05) is 24.4 Å². The highest BCUT2D eigenvalue weighted by atomic mass is 79.9. The van der Waals surface area contributed by atoms with Crippen LogP contribution < -0.4 is 5.32 Å². The first-order valence-corrected chi connectivity index (χ1v) is 7.93. The maximum Gasteiger partial charge on any atom is 0.134 e. The van der Waals surface area contributed by atoms with Crippen molar-refractivity contribution in [3.05, 3.63) is 70.8 Å². The topological polar surface area (TPSA) is 24.9 Å². The Morgan fingerprint density at radius 1 is 1.00 bits per heavy atom. The molecule has 1 unspecified atom stereocenters. The number of anilines is 1. The van der Waals surface area contributed by atoms with Gasteiger partial charge in [-0.25, -0.2) is 4.98 Å². The molecular weight excluding hydrogens is 324 g/mol. The number of halogens is 1. The average Bonchev–Trinajstić information content (AvgIpc) is 2.54. The zero-order valence-electron chi connectivity index (χ0n) is 11.9. The summed E-state index contributed by atoms with van der Waals surface area (Å²) in [5.41, 5.74) is 1.29. The molecule has 0 spiro atoms. The minimum absolute atomic E-state index is 0.267. The van der Waals surface area contributed by atoms with Crippen molar-refractivity contribution < 1.29 is 0 Å². The minimum Gasteiger partial charge on any atom is -0.363 e. The van der Waals surface area contributed by atoms with Crippen LogP contribution in [0.2, 0.25) is 0 Å². The van der Waals surface area contributed by atoms with Gasteiger partial charge in [0, 0.05) is 21.4 Å². The number of fused-ring (bicyclic) bond motifs is 1. The van der Waals surface area contributed by atoms with Crippen LogP contribution in [0.25, 0.3) is 10.8 Å². The summed E-state index contributed by atoms with van der Waals surface area (Å²) in [6.07, 6.45) is 2.86. The number of rotatable bonds is 4. The van der Waals surface area contributed by atoms with Crippen LogP contribution in [0, 0.1) is 0 Å². The summed E-state index contributed by atoms with van der Waals surface area (Å²) in [5.74, 6) is 0.935. The van der Waals surface area contributed by atoms with Gasteiger partial charge in [0.1, 0.15) is 5.82 Å². The lowest BCUT2D eigenvalue weighted by molar-refractivity contribution is 0.746. The van der Waals surface area contributed by atoms with Gasteiger partial charge in [-0.15, -0.1) is 0 Å². The molecule has 106 valence electrons. The van der Waals surface area contributed by atoms with E-state index in [0.717, 1.165) is 22.1 Å². The van der Waals surface area contributed by atoms with E-state index in [-0.39, 0.29) is 6.04 Å². The smallest absolute Gasteiger partial charge is 0.134 e. The largest absolute Gasteiger partial charge is 0.363 e. The van der Waals surface area contributed by atoms with Gasteiger partial charge in [-0.3, -0.25) is 0 Å². The number of aromatic nitrogens is 1. The highest BCUT2D eigenvalue weighted by molar-refractivity contribution is 9.10. The second-order valence-electron chi connectivity index (χ2n) is 5.01. The lowest BCUT2D eigenvalue weighted by Gasteiger charge is -2.19. The van der Waals surface area contributed by atoms with Gasteiger partial charge in [0.2, 0.25) is 0 Å². The van der Waals surface area contributed by atoms with Crippen molar-refractivity contribution in [1.82, 2.24) is 4.98 Å². The molecule has 0 aliphatic rings. The molecule has 0 aliphatic carbocycles. The Hall–Kier alpha value is -1.87. The normalized spacial score (nSPS) is 12.3. The van der Waals surface area contributed by atoms with E-state index in [9.17, 15) is 0 Å². The highest BCUT2D eigenvalue weighted by Gasteiger charge is 2.11. The molecule has 3 rings (SSSR count). The summed E-state index contributed by atoms with van der Waals surface area (Å²) < 4.78 is 1.10. The summed E-state index contributed by atoms with van der Waals surface area (Å²) in [4.78, 5) is 4.53. The minimum atomic E-state index is 0.267. The van der Waals surface area contributed by atoms with Crippen LogP contribution in [0.5, 0.6) is 0 Å². The van der Waals surface area contributed by atoms with Crippen molar-refractivity contribution in [3.63, 3.8) is 0 Å². The van der Waals surface area contributed by atoms with Crippen LogP contribution in [0.1, 0.15) is 24.9 Å². The van der Waals surface area contributed by atoms with E-state index in [1.165, 1.54) is 10.9 Å². The average molecular weight is 341 g/mol. The number of nitrogens with zero attached hydrogens (tertiary/aromatic N) is 1. The summed E-state index contributed by atoms with van der Waals surface area (Å²) in [6, 6.07) is 19.0. The second-order valence-corrected chi connectivity index (χ2v) is 5.86. The quantitative estimate of drug-likeness (QED) is 0.672. The lowest BCUT2D eigenvalue weighted by Crippen LogP contribution is -2.10. The zero-order chi connectivity index (χ0) is 14.7. The van der Waals surface area contributed by atoms with E-state index < -0.39 is 0 Å². The third-order valence-electron chi connectivity index (χ3n) is 3.67. The molecule has 0 saturated carbocycles. The summed E-state index contributed by atoms with van der Waals surface area (Å²) in [6.45, 7) is 2.19. The Labute approximate surface area is 133 Å². The van der Waals surface area contributed by atoms with Crippen molar-refractivity contribution in [2.45, 2.75) is 19.4 Å². The number of nitrogens with one attached hydrogen (secondary N) is 1. The van der Waals surface area contributed by atoms with Gasteiger partial charge in [-0.05, 0) is 24.1 Å². The maximum atomic E-state index is 4.53. The maximum absolute atomic E-state index is 4.53. The first kappa shape index (κ1) is 14.1. The Bertz CT molecular complexity index is 741. The first-order valence-electron chi connectivity index (χ1n) is 7.14. The van der Waals surface area contributed by atoms with E-state index in [1.54, 1.807) is 0 Å². The molecule has 0 radical (unpaired) electrons. The van der Waals surface area contributed by atoms with Gasteiger partial charge in [-0.2, -0.15) is 0 Å². The van der Waals surface area contributed by atoms with Gasteiger partial charge in [-0.1, -0.05) is 65.3 Å². The summed E-state index contributed by atoms with van der Waals surface area (Å²) >= 11 is 3.60. The first-order chi connectivity index (χ1) is 10.3. The van der Waals surface area contributed by atoms with Crippen molar-refractivity contribution >= 4 is 32.5 Å². The van der Waals surface area contributed by atoms with Gasteiger partial charge >= 0.3 is 0 Å². The summed E-state index contributed by atoms with van der Waals surface area (Å²) in [7, 11) is 0. The van der Waals surface area contributed by atoms with Gasteiger partial charge in [0.15, 0.2) is 0 Å². The Morgan fingerprint density at radius 3 is 2.57 bits per heavy atom. The van der Waals surface area contributed by atoms with Crippen molar-refractivity contribution in [1.29, 1.82) is 0 Å². The number of pyridine rings is 1. The van der Waals surface area contributed by atoms with Crippen molar-refractivity contribution in [2.24, 2.45) is 0 Å². The third kappa shape index (κ3) is 2.93. The predicted octanol–water partition coefficient (Wildman–Crippen LogP) is 5.56. The Balaban J connectivity index is 1.99. The van der Waals surface area contributed by atoms with Gasteiger partial charge < -0.3 is 5.32 Å².